The summed E-state index contributed by atoms with van der Waals surface area (Å²) in [6.45, 7) is 0. The molecule has 0 radical (unpaired) electrons. The fourth-order valence-corrected chi connectivity index (χ4v) is 4.21. The number of ether oxygens (including phenoxy) is 1. The number of carbonyl (C=O) groups excluding carboxylic acids is 1. The van der Waals surface area contributed by atoms with E-state index in [1.165, 1.54) is 10.5 Å². The molecule has 22 heavy (non-hydrogen) atoms. The molecule has 0 saturated heterocycles. The number of hydrogen-bond donors (Lipinski definition) is 1. The molecule has 1 atom stereocenters. The van der Waals surface area contributed by atoms with Gasteiger partial charge in [0.15, 0.2) is 0 Å². The van der Waals surface area contributed by atoms with Crippen molar-refractivity contribution in [3.05, 3.63) is 58.1 Å². The lowest BCUT2D eigenvalue weighted by Crippen LogP contribution is -2.30. The number of carbonyl (C=O) groups is 1. The summed E-state index contributed by atoms with van der Waals surface area (Å²) in [4.78, 5) is 13.8. The molecule has 1 aliphatic rings. The van der Waals surface area contributed by atoms with E-state index in [1.54, 1.807) is 25.3 Å². The molecule has 1 N–H and O–H groups in total. The van der Waals surface area contributed by atoms with Gasteiger partial charge in [0.25, 0.3) is 5.91 Å². The smallest absolute Gasteiger partial charge is 0.251 e. The first-order valence-electron chi connectivity index (χ1n) is 7.05. The number of amides is 1. The zero-order chi connectivity index (χ0) is 15.5. The van der Waals surface area contributed by atoms with Crippen LogP contribution < -0.4 is 10.1 Å². The molecule has 3 nitrogen and oxygen atoms in total. The number of benzene rings is 2. The molecule has 1 aliphatic heterocycles. The molecule has 1 heterocycles. The monoisotopic (exact) mass is 377 g/mol. The number of halogens is 1. The van der Waals surface area contributed by atoms with Crippen LogP contribution in [0.5, 0.6) is 5.75 Å². The minimum absolute atomic E-state index is 0.0601. The van der Waals surface area contributed by atoms with Crippen molar-refractivity contribution in [2.75, 3.05) is 12.9 Å². The van der Waals surface area contributed by atoms with E-state index in [2.05, 4.69) is 33.4 Å². The molecule has 3 rings (SSSR count). The van der Waals surface area contributed by atoms with Crippen LogP contribution in [0, 0.1) is 0 Å². The van der Waals surface area contributed by atoms with E-state index >= 15 is 0 Å². The number of rotatable bonds is 3. The highest BCUT2D eigenvalue weighted by atomic mass is 79.9. The zero-order valence-corrected chi connectivity index (χ0v) is 14.5. The molecule has 1 amide bonds. The molecule has 0 aliphatic carbocycles. The summed E-state index contributed by atoms with van der Waals surface area (Å²) < 4.78 is 5.97. The summed E-state index contributed by atoms with van der Waals surface area (Å²) in [5.74, 6) is 1.68. The highest BCUT2D eigenvalue weighted by molar-refractivity contribution is 9.10. The Hall–Kier alpha value is -1.46. The van der Waals surface area contributed by atoms with Crippen molar-refractivity contribution in [3.63, 3.8) is 0 Å². The maximum atomic E-state index is 12.5. The van der Waals surface area contributed by atoms with Crippen molar-refractivity contribution in [1.29, 1.82) is 0 Å². The van der Waals surface area contributed by atoms with Crippen LogP contribution in [-0.2, 0) is 0 Å². The lowest BCUT2D eigenvalue weighted by atomic mass is 10.0. The Morgan fingerprint density at radius 3 is 2.91 bits per heavy atom. The van der Waals surface area contributed by atoms with Crippen LogP contribution in [0.3, 0.4) is 0 Å². The molecule has 1 unspecified atom stereocenters. The number of hydrogen-bond acceptors (Lipinski definition) is 3. The Bertz CT molecular complexity index is 705. The van der Waals surface area contributed by atoms with Crippen molar-refractivity contribution in [3.8, 4) is 5.75 Å². The molecular formula is C17H16BrNO2S. The number of methoxy groups -OCH3 is 1. The predicted octanol–water partition coefficient (Wildman–Crippen LogP) is 4.42. The molecule has 2 aromatic carbocycles. The third-order valence-electron chi connectivity index (χ3n) is 3.68. The number of fused-ring (bicyclic) bond motifs is 1. The van der Waals surface area contributed by atoms with Gasteiger partial charge in [-0.3, -0.25) is 4.79 Å². The van der Waals surface area contributed by atoms with E-state index in [0.717, 1.165) is 22.4 Å². The van der Waals surface area contributed by atoms with Crippen molar-refractivity contribution >= 4 is 33.6 Å². The second-order valence-electron chi connectivity index (χ2n) is 5.05. The van der Waals surface area contributed by atoms with E-state index in [1.807, 2.05) is 23.9 Å². The van der Waals surface area contributed by atoms with E-state index in [9.17, 15) is 4.79 Å². The van der Waals surface area contributed by atoms with Crippen LogP contribution in [0.4, 0.5) is 0 Å². The summed E-state index contributed by atoms with van der Waals surface area (Å²) in [5, 5.41) is 3.14. The van der Waals surface area contributed by atoms with Gasteiger partial charge in [0.2, 0.25) is 0 Å². The first-order chi connectivity index (χ1) is 10.7. The summed E-state index contributed by atoms with van der Waals surface area (Å²) in [6.07, 6.45) is 0.949. The molecule has 5 heteroatoms. The van der Waals surface area contributed by atoms with Gasteiger partial charge in [-0.25, -0.2) is 0 Å². The van der Waals surface area contributed by atoms with Crippen molar-refractivity contribution in [2.45, 2.75) is 17.4 Å². The van der Waals surface area contributed by atoms with Gasteiger partial charge in [0, 0.05) is 16.2 Å². The average Bonchev–Trinajstić information content (AvgIpc) is 2.55. The Morgan fingerprint density at radius 1 is 1.32 bits per heavy atom. The molecule has 0 fully saturated rings. The molecule has 0 spiro atoms. The van der Waals surface area contributed by atoms with Gasteiger partial charge in [0.1, 0.15) is 5.75 Å². The van der Waals surface area contributed by atoms with E-state index in [4.69, 9.17) is 4.74 Å². The topological polar surface area (TPSA) is 38.3 Å². The van der Waals surface area contributed by atoms with Crippen LogP contribution in [0.15, 0.2) is 51.8 Å². The molecule has 114 valence electrons. The SMILES string of the molecule is COc1ccc(C(=O)NC2CCSc3ccccc32)cc1Br. The molecule has 0 bridgehead atoms. The van der Waals surface area contributed by atoms with Crippen molar-refractivity contribution in [2.24, 2.45) is 0 Å². The highest BCUT2D eigenvalue weighted by Gasteiger charge is 2.22. The highest BCUT2D eigenvalue weighted by Crippen LogP contribution is 2.36. The molecular weight excluding hydrogens is 362 g/mol. The van der Waals surface area contributed by atoms with Gasteiger partial charge in [-0.05, 0) is 52.2 Å². The standard InChI is InChI=1S/C17H16BrNO2S/c1-21-15-7-6-11(10-13(15)18)17(20)19-14-8-9-22-16-5-3-2-4-12(14)16/h2-7,10,14H,8-9H2,1H3,(H,19,20). The maximum absolute atomic E-state index is 12.5. The third-order valence-corrected chi connectivity index (χ3v) is 5.42. The van der Waals surface area contributed by atoms with Crippen LogP contribution in [0.1, 0.15) is 28.4 Å². The summed E-state index contributed by atoms with van der Waals surface area (Å²) in [5.41, 5.74) is 1.84. The Balaban J connectivity index is 1.79. The van der Waals surface area contributed by atoms with E-state index in [0.29, 0.717) is 5.56 Å². The first-order valence-corrected chi connectivity index (χ1v) is 8.83. The van der Waals surface area contributed by atoms with Crippen molar-refractivity contribution < 1.29 is 9.53 Å². The van der Waals surface area contributed by atoms with Crippen LogP contribution in [0.2, 0.25) is 0 Å². The Labute approximate surface area is 142 Å². The zero-order valence-electron chi connectivity index (χ0n) is 12.1. The third kappa shape index (κ3) is 3.15. The van der Waals surface area contributed by atoms with Gasteiger partial charge in [-0.15, -0.1) is 11.8 Å². The molecule has 2 aromatic rings. The Morgan fingerprint density at radius 2 is 2.14 bits per heavy atom. The quantitative estimate of drug-likeness (QED) is 0.859. The average molecular weight is 378 g/mol. The van der Waals surface area contributed by atoms with Gasteiger partial charge >= 0.3 is 0 Å². The normalized spacial score (nSPS) is 16.7. The van der Waals surface area contributed by atoms with Gasteiger partial charge < -0.3 is 10.1 Å². The minimum Gasteiger partial charge on any atom is -0.496 e. The lowest BCUT2D eigenvalue weighted by Gasteiger charge is -2.26. The van der Waals surface area contributed by atoms with Crippen molar-refractivity contribution in [1.82, 2.24) is 5.32 Å². The first kappa shape index (κ1) is 15.4. The largest absolute Gasteiger partial charge is 0.496 e. The second kappa shape index (κ2) is 6.75. The fraction of sp³-hybridized carbons (Fsp3) is 0.235. The van der Waals surface area contributed by atoms with Crippen LogP contribution in [0.25, 0.3) is 0 Å². The fourth-order valence-electron chi connectivity index (χ4n) is 2.54. The van der Waals surface area contributed by atoms with Gasteiger partial charge in [0.05, 0.1) is 17.6 Å². The van der Waals surface area contributed by atoms with Gasteiger partial charge in [-0.2, -0.15) is 0 Å². The van der Waals surface area contributed by atoms with Crippen LogP contribution in [-0.4, -0.2) is 18.8 Å². The van der Waals surface area contributed by atoms with Gasteiger partial charge in [-0.1, -0.05) is 18.2 Å². The second-order valence-corrected chi connectivity index (χ2v) is 7.04. The van der Waals surface area contributed by atoms with E-state index in [-0.39, 0.29) is 11.9 Å². The minimum atomic E-state index is -0.0601. The van der Waals surface area contributed by atoms with E-state index < -0.39 is 0 Å². The Kier molecular flexibility index (Phi) is 4.74. The number of nitrogens with one attached hydrogen (secondary N) is 1. The molecule has 0 aromatic heterocycles. The van der Waals surface area contributed by atoms with Crippen LogP contribution >= 0.6 is 27.7 Å². The maximum Gasteiger partial charge on any atom is 0.251 e. The number of thioether (sulfide) groups is 1. The predicted molar refractivity (Wildman–Crippen MR) is 92.7 cm³/mol. The summed E-state index contributed by atoms with van der Waals surface area (Å²) >= 11 is 5.27. The molecule has 0 saturated carbocycles. The lowest BCUT2D eigenvalue weighted by molar-refractivity contribution is 0.0935. The summed E-state index contributed by atoms with van der Waals surface area (Å²) in [6, 6.07) is 13.7. The summed E-state index contributed by atoms with van der Waals surface area (Å²) in [7, 11) is 1.61.